The van der Waals surface area contributed by atoms with Gasteiger partial charge in [0.15, 0.2) is 0 Å². The van der Waals surface area contributed by atoms with Crippen molar-refractivity contribution < 1.29 is 19.5 Å². The number of likely N-dealkylation sites (tertiary alicyclic amines) is 1. The SMILES string of the molecule is Cc1cc(Br)ccc1NC(=O)CNC(=O)N1CCC(C)(C(=O)O)C1. The molecule has 0 aliphatic carbocycles. The number of aliphatic carboxylic acids is 1. The number of nitrogens with one attached hydrogen (secondary N) is 2. The van der Waals surface area contributed by atoms with Gasteiger partial charge in [-0.2, -0.15) is 0 Å². The van der Waals surface area contributed by atoms with E-state index in [9.17, 15) is 19.5 Å². The summed E-state index contributed by atoms with van der Waals surface area (Å²) in [6, 6.07) is 5.05. The molecule has 0 bridgehead atoms. The molecule has 1 aromatic carbocycles. The molecule has 0 aromatic heterocycles. The molecule has 24 heavy (non-hydrogen) atoms. The predicted molar refractivity (Wildman–Crippen MR) is 92.8 cm³/mol. The molecule has 1 fully saturated rings. The number of carboxylic acid groups (broad SMARTS) is 1. The van der Waals surface area contributed by atoms with E-state index >= 15 is 0 Å². The standard InChI is InChI=1S/C16H20BrN3O4/c1-10-7-11(17)3-4-12(10)19-13(21)8-18-15(24)20-6-5-16(2,9-20)14(22)23/h3-4,7H,5-6,8-9H2,1-2H3,(H,18,24)(H,19,21)(H,22,23). The van der Waals surface area contributed by atoms with Crippen molar-refractivity contribution in [2.45, 2.75) is 20.3 Å². The third-order valence-corrected chi connectivity index (χ3v) is 4.63. The lowest BCUT2D eigenvalue weighted by Gasteiger charge is -2.20. The van der Waals surface area contributed by atoms with Gasteiger partial charge in [-0.3, -0.25) is 9.59 Å². The second kappa shape index (κ2) is 7.21. The fourth-order valence-electron chi connectivity index (χ4n) is 2.54. The largest absolute Gasteiger partial charge is 0.481 e. The Kier molecular flexibility index (Phi) is 5.48. The number of carbonyl (C=O) groups excluding carboxylic acids is 2. The molecule has 1 atom stereocenters. The molecule has 3 N–H and O–H groups in total. The van der Waals surface area contributed by atoms with Crippen LogP contribution in [0.1, 0.15) is 18.9 Å². The van der Waals surface area contributed by atoms with Gasteiger partial charge in [0.25, 0.3) is 0 Å². The van der Waals surface area contributed by atoms with Crippen molar-refractivity contribution in [3.05, 3.63) is 28.2 Å². The summed E-state index contributed by atoms with van der Waals surface area (Å²) in [7, 11) is 0. The van der Waals surface area contributed by atoms with Gasteiger partial charge in [0.2, 0.25) is 5.91 Å². The maximum atomic E-state index is 12.1. The number of hydrogen-bond donors (Lipinski definition) is 3. The molecular formula is C16H20BrN3O4. The Hall–Kier alpha value is -2.09. The van der Waals surface area contributed by atoms with Gasteiger partial charge in [0.05, 0.1) is 12.0 Å². The minimum atomic E-state index is -0.922. The number of aryl methyl sites for hydroxylation is 1. The fraction of sp³-hybridized carbons (Fsp3) is 0.438. The van der Waals surface area contributed by atoms with Crippen molar-refractivity contribution in [1.29, 1.82) is 0 Å². The Morgan fingerprint density at radius 1 is 1.38 bits per heavy atom. The zero-order valence-electron chi connectivity index (χ0n) is 13.6. The molecule has 1 aliphatic rings. The highest BCUT2D eigenvalue weighted by molar-refractivity contribution is 9.10. The van der Waals surface area contributed by atoms with Gasteiger partial charge in [-0.1, -0.05) is 15.9 Å². The van der Waals surface area contributed by atoms with Crippen molar-refractivity contribution in [2.75, 3.05) is 25.0 Å². The van der Waals surface area contributed by atoms with E-state index in [0.29, 0.717) is 18.7 Å². The van der Waals surface area contributed by atoms with Crippen LogP contribution in [0, 0.1) is 12.3 Å². The van der Waals surface area contributed by atoms with Crippen molar-refractivity contribution in [1.82, 2.24) is 10.2 Å². The summed E-state index contributed by atoms with van der Waals surface area (Å²) in [5.41, 5.74) is 0.659. The maximum absolute atomic E-state index is 12.1. The molecule has 1 aromatic rings. The first-order valence-electron chi connectivity index (χ1n) is 7.53. The molecular weight excluding hydrogens is 378 g/mol. The zero-order chi connectivity index (χ0) is 17.9. The van der Waals surface area contributed by atoms with Crippen LogP contribution in [0.5, 0.6) is 0 Å². The van der Waals surface area contributed by atoms with Crippen LogP contribution in [0.15, 0.2) is 22.7 Å². The molecule has 0 spiro atoms. The van der Waals surface area contributed by atoms with Crippen molar-refractivity contribution >= 4 is 39.5 Å². The van der Waals surface area contributed by atoms with Crippen LogP contribution in [0.4, 0.5) is 10.5 Å². The second-order valence-corrected chi connectivity index (χ2v) is 7.12. The molecule has 0 saturated carbocycles. The van der Waals surface area contributed by atoms with E-state index in [1.165, 1.54) is 4.90 Å². The highest BCUT2D eigenvalue weighted by Crippen LogP contribution is 2.29. The van der Waals surface area contributed by atoms with E-state index in [4.69, 9.17) is 0 Å². The van der Waals surface area contributed by atoms with Crippen molar-refractivity contribution in [3.8, 4) is 0 Å². The number of benzene rings is 1. The summed E-state index contributed by atoms with van der Waals surface area (Å²) >= 11 is 3.35. The smallest absolute Gasteiger partial charge is 0.317 e. The number of nitrogens with zero attached hydrogens (tertiary/aromatic N) is 1. The van der Waals surface area contributed by atoms with Crippen LogP contribution in [-0.4, -0.2) is 47.5 Å². The Labute approximate surface area is 148 Å². The molecule has 1 unspecified atom stereocenters. The summed E-state index contributed by atoms with van der Waals surface area (Å²) in [4.78, 5) is 36.6. The molecule has 0 radical (unpaired) electrons. The lowest BCUT2D eigenvalue weighted by atomic mass is 9.90. The Bertz CT molecular complexity index is 679. The van der Waals surface area contributed by atoms with Gasteiger partial charge in [-0.25, -0.2) is 4.79 Å². The number of halogens is 1. The second-order valence-electron chi connectivity index (χ2n) is 6.20. The molecule has 8 heteroatoms. The number of anilines is 1. The average molecular weight is 398 g/mol. The molecule has 2 rings (SSSR count). The molecule has 1 aliphatic heterocycles. The number of rotatable bonds is 4. The van der Waals surface area contributed by atoms with Crippen LogP contribution >= 0.6 is 15.9 Å². The number of hydrogen-bond acceptors (Lipinski definition) is 3. The highest BCUT2D eigenvalue weighted by atomic mass is 79.9. The lowest BCUT2D eigenvalue weighted by Crippen LogP contribution is -2.43. The maximum Gasteiger partial charge on any atom is 0.317 e. The Morgan fingerprint density at radius 3 is 2.67 bits per heavy atom. The number of carbonyl (C=O) groups is 3. The molecule has 1 saturated heterocycles. The molecule has 1 heterocycles. The van der Waals surface area contributed by atoms with Crippen molar-refractivity contribution in [2.24, 2.45) is 5.41 Å². The van der Waals surface area contributed by atoms with E-state index in [1.54, 1.807) is 13.0 Å². The minimum Gasteiger partial charge on any atom is -0.481 e. The van der Waals surface area contributed by atoms with Crippen LogP contribution in [-0.2, 0) is 9.59 Å². The highest BCUT2D eigenvalue weighted by Gasteiger charge is 2.42. The first-order chi connectivity index (χ1) is 11.2. The minimum absolute atomic E-state index is 0.140. The lowest BCUT2D eigenvalue weighted by molar-refractivity contribution is -0.147. The zero-order valence-corrected chi connectivity index (χ0v) is 15.1. The first kappa shape index (κ1) is 18.3. The number of urea groups is 1. The van der Waals surface area contributed by atoms with Crippen LogP contribution in [0.3, 0.4) is 0 Å². The summed E-state index contributed by atoms with van der Waals surface area (Å²) < 4.78 is 0.918. The van der Waals surface area contributed by atoms with Crippen molar-refractivity contribution in [3.63, 3.8) is 0 Å². The number of carboxylic acids is 1. The third-order valence-electron chi connectivity index (χ3n) is 4.14. The molecule has 3 amide bonds. The Morgan fingerprint density at radius 2 is 2.08 bits per heavy atom. The fourth-order valence-corrected chi connectivity index (χ4v) is 3.01. The summed E-state index contributed by atoms with van der Waals surface area (Å²) in [5, 5.41) is 14.4. The van der Waals surface area contributed by atoms with E-state index in [2.05, 4.69) is 26.6 Å². The quantitative estimate of drug-likeness (QED) is 0.724. The summed E-state index contributed by atoms with van der Waals surface area (Å²) in [5.74, 6) is -1.25. The first-order valence-corrected chi connectivity index (χ1v) is 8.33. The summed E-state index contributed by atoms with van der Waals surface area (Å²) in [6.45, 7) is 3.82. The van der Waals surface area contributed by atoms with Gasteiger partial charge in [0, 0.05) is 23.2 Å². The van der Waals surface area contributed by atoms with Crippen LogP contribution in [0.25, 0.3) is 0 Å². The molecule has 7 nitrogen and oxygen atoms in total. The summed E-state index contributed by atoms with van der Waals surface area (Å²) in [6.07, 6.45) is 0.403. The topological polar surface area (TPSA) is 98.7 Å². The third kappa shape index (κ3) is 4.25. The van der Waals surface area contributed by atoms with E-state index in [0.717, 1.165) is 10.0 Å². The number of amides is 3. The molecule has 130 valence electrons. The van der Waals surface area contributed by atoms with Crippen LogP contribution < -0.4 is 10.6 Å². The van der Waals surface area contributed by atoms with Crippen LogP contribution in [0.2, 0.25) is 0 Å². The van der Waals surface area contributed by atoms with Gasteiger partial charge >= 0.3 is 12.0 Å². The van der Waals surface area contributed by atoms with E-state index in [1.807, 2.05) is 19.1 Å². The van der Waals surface area contributed by atoms with Gasteiger partial charge in [-0.05, 0) is 44.0 Å². The predicted octanol–water partition coefficient (Wildman–Crippen LogP) is 2.20. The van der Waals surface area contributed by atoms with Gasteiger partial charge in [-0.15, -0.1) is 0 Å². The monoisotopic (exact) mass is 397 g/mol. The van der Waals surface area contributed by atoms with E-state index < -0.39 is 17.4 Å². The van der Waals surface area contributed by atoms with E-state index in [-0.39, 0.29) is 19.0 Å². The normalized spacial score (nSPS) is 19.9. The van der Waals surface area contributed by atoms with Gasteiger partial charge in [0.1, 0.15) is 0 Å². The Balaban J connectivity index is 1.84. The average Bonchev–Trinajstić information content (AvgIpc) is 2.92. The van der Waals surface area contributed by atoms with Gasteiger partial charge < -0.3 is 20.6 Å².